The molecular weight excluding hydrogens is 360 g/mol. The van der Waals surface area contributed by atoms with Crippen LogP contribution in [-0.4, -0.2) is 53.6 Å². The summed E-state index contributed by atoms with van der Waals surface area (Å²) < 4.78 is 0. The van der Waals surface area contributed by atoms with Gasteiger partial charge < -0.3 is 9.80 Å². The minimum absolute atomic E-state index is 0.00109. The van der Waals surface area contributed by atoms with Gasteiger partial charge in [-0.3, -0.25) is 14.4 Å². The number of Topliss-reactive ketones (excluding diaryl/α,β-unsaturated/α-hetero) is 1. The summed E-state index contributed by atoms with van der Waals surface area (Å²) in [7, 11) is 0. The number of aryl methyl sites for hydroxylation is 2. The molecule has 0 N–H and O–H groups in total. The van der Waals surface area contributed by atoms with Crippen molar-refractivity contribution in [1.29, 1.82) is 0 Å². The predicted octanol–water partition coefficient (Wildman–Crippen LogP) is 3.31. The number of benzene rings is 1. The van der Waals surface area contributed by atoms with Gasteiger partial charge in [0.1, 0.15) is 0 Å². The van der Waals surface area contributed by atoms with Gasteiger partial charge in [-0.05, 0) is 32.0 Å². The molecule has 0 aliphatic carbocycles. The second-order valence-corrected chi connectivity index (χ2v) is 8.25. The van der Waals surface area contributed by atoms with Crippen molar-refractivity contribution in [2.75, 3.05) is 26.2 Å². The van der Waals surface area contributed by atoms with Crippen LogP contribution >= 0.6 is 11.3 Å². The van der Waals surface area contributed by atoms with E-state index in [0.717, 1.165) is 15.3 Å². The molecule has 1 fully saturated rings. The fourth-order valence-electron chi connectivity index (χ4n) is 3.34. The molecule has 142 valence electrons. The van der Waals surface area contributed by atoms with E-state index < -0.39 is 0 Å². The van der Waals surface area contributed by atoms with Gasteiger partial charge in [-0.2, -0.15) is 0 Å². The molecule has 2 aromatic rings. The lowest BCUT2D eigenvalue weighted by Crippen LogP contribution is -2.50. The Hall–Kier alpha value is -2.47. The molecule has 1 saturated heterocycles. The summed E-state index contributed by atoms with van der Waals surface area (Å²) in [6.07, 6.45) is 0.457. The lowest BCUT2D eigenvalue weighted by molar-refractivity contribution is -0.132. The lowest BCUT2D eigenvalue weighted by atomic mass is 10.1. The Balaban J connectivity index is 1.48. The van der Waals surface area contributed by atoms with Gasteiger partial charge in [-0.25, -0.2) is 0 Å². The van der Waals surface area contributed by atoms with E-state index in [1.165, 1.54) is 0 Å². The van der Waals surface area contributed by atoms with Crippen LogP contribution in [0.25, 0.3) is 0 Å². The molecule has 0 radical (unpaired) electrons. The zero-order valence-electron chi connectivity index (χ0n) is 15.7. The Morgan fingerprint density at radius 2 is 1.56 bits per heavy atom. The quantitative estimate of drug-likeness (QED) is 0.743. The van der Waals surface area contributed by atoms with Crippen LogP contribution in [0.15, 0.2) is 36.4 Å². The first-order valence-electron chi connectivity index (χ1n) is 9.18. The highest BCUT2D eigenvalue weighted by molar-refractivity contribution is 7.12. The molecule has 0 atom stereocenters. The van der Waals surface area contributed by atoms with Crippen LogP contribution in [0.4, 0.5) is 0 Å². The molecule has 1 aromatic carbocycles. The number of nitrogens with zero attached hydrogens (tertiary/aromatic N) is 2. The Morgan fingerprint density at radius 3 is 2.15 bits per heavy atom. The molecule has 1 aromatic heterocycles. The number of ketones is 1. The number of carbonyl (C=O) groups is 3. The maximum absolute atomic E-state index is 12.5. The van der Waals surface area contributed by atoms with Crippen molar-refractivity contribution in [3.05, 3.63) is 57.3 Å². The summed E-state index contributed by atoms with van der Waals surface area (Å²) in [4.78, 5) is 42.9. The Labute approximate surface area is 163 Å². The van der Waals surface area contributed by atoms with Crippen LogP contribution in [0, 0.1) is 13.8 Å². The summed E-state index contributed by atoms with van der Waals surface area (Å²) >= 11 is 1.61. The van der Waals surface area contributed by atoms with Gasteiger partial charge in [0, 0.05) is 59.9 Å². The normalized spacial score (nSPS) is 14.3. The molecule has 1 aliphatic rings. The molecule has 0 spiro atoms. The third-order valence-corrected chi connectivity index (χ3v) is 5.81. The van der Waals surface area contributed by atoms with Crippen molar-refractivity contribution >= 4 is 28.9 Å². The van der Waals surface area contributed by atoms with E-state index in [1.807, 2.05) is 38.1 Å². The Kier molecular flexibility index (Phi) is 6.06. The van der Waals surface area contributed by atoms with Gasteiger partial charge in [-0.1, -0.05) is 18.2 Å². The molecule has 2 heterocycles. The van der Waals surface area contributed by atoms with Crippen LogP contribution < -0.4 is 0 Å². The first-order valence-corrected chi connectivity index (χ1v) is 9.99. The highest BCUT2D eigenvalue weighted by Crippen LogP contribution is 2.22. The number of hydrogen-bond acceptors (Lipinski definition) is 4. The van der Waals surface area contributed by atoms with Crippen LogP contribution in [-0.2, 0) is 4.79 Å². The van der Waals surface area contributed by atoms with Gasteiger partial charge in [0.05, 0.1) is 0 Å². The van der Waals surface area contributed by atoms with Crippen molar-refractivity contribution < 1.29 is 14.4 Å². The van der Waals surface area contributed by atoms with E-state index in [-0.39, 0.29) is 30.4 Å². The largest absolute Gasteiger partial charge is 0.339 e. The van der Waals surface area contributed by atoms with E-state index in [4.69, 9.17) is 0 Å². The smallest absolute Gasteiger partial charge is 0.253 e. The molecule has 0 saturated carbocycles. The number of piperazine rings is 1. The van der Waals surface area contributed by atoms with Gasteiger partial charge in [-0.15, -0.1) is 11.3 Å². The van der Waals surface area contributed by atoms with E-state index >= 15 is 0 Å². The summed E-state index contributed by atoms with van der Waals surface area (Å²) in [6, 6.07) is 11.1. The maximum Gasteiger partial charge on any atom is 0.253 e. The van der Waals surface area contributed by atoms with Crippen LogP contribution in [0.3, 0.4) is 0 Å². The summed E-state index contributed by atoms with van der Waals surface area (Å²) in [5.41, 5.74) is 1.41. The molecule has 0 unspecified atom stereocenters. The minimum atomic E-state index is -0.0141. The molecule has 5 nitrogen and oxygen atoms in total. The van der Waals surface area contributed by atoms with Crippen LogP contribution in [0.2, 0.25) is 0 Å². The molecule has 2 amide bonds. The van der Waals surface area contributed by atoms with Gasteiger partial charge in [0.15, 0.2) is 5.78 Å². The number of carbonyl (C=O) groups excluding carboxylic acids is 3. The van der Waals surface area contributed by atoms with Gasteiger partial charge >= 0.3 is 0 Å². The zero-order chi connectivity index (χ0) is 19.4. The van der Waals surface area contributed by atoms with E-state index in [9.17, 15) is 14.4 Å². The number of rotatable bonds is 5. The monoisotopic (exact) mass is 384 g/mol. The lowest BCUT2D eigenvalue weighted by Gasteiger charge is -2.34. The fraction of sp³-hybridized carbons (Fsp3) is 0.381. The van der Waals surface area contributed by atoms with Crippen molar-refractivity contribution in [3.8, 4) is 0 Å². The third-order valence-electron chi connectivity index (χ3n) is 4.85. The maximum atomic E-state index is 12.5. The van der Waals surface area contributed by atoms with Crippen molar-refractivity contribution in [2.24, 2.45) is 0 Å². The molecule has 3 rings (SSSR count). The minimum Gasteiger partial charge on any atom is -0.339 e. The fourth-order valence-corrected chi connectivity index (χ4v) is 4.29. The number of amides is 2. The molecule has 1 aliphatic heterocycles. The SMILES string of the molecule is Cc1cc(C(=O)CCC(=O)N2CCN(C(=O)c3ccccc3)CC2)c(C)s1. The van der Waals surface area contributed by atoms with Gasteiger partial charge in [0.25, 0.3) is 5.91 Å². The first kappa shape index (κ1) is 19.3. The third kappa shape index (κ3) is 4.63. The summed E-state index contributed by atoms with van der Waals surface area (Å²) in [5, 5.41) is 0. The first-order chi connectivity index (χ1) is 13.0. The Morgan fingerprint density at radius 1 is 0.926 bits per heavy atom. The predicted molar refractivity (Wildman–Crippen MR) is 106 cm³/mol. The average molecular weight is 385 g/mol. The standard InChI is InChI=1S/C21H24N2O3S/c1-15-14-18(16(2)27-15)19(24)8-9-20(25)22-10-12-23(13-11-22)21(26)17-6-4-3-5-7-17/h3-7,14H,8-13H2,1-2H3. The number of hydrogen-bond donors (Lipinski definition) is 0. The van der Waals surface area contributed by atoms with Crippen molar-refractivity contribution in [3.63, 3.8) is 0 Å². The zero-order valence-corrected chi connectivity index (χ0v) is 16.6. The van der Waals surface area contributed by atoms with Crippen molar-refractivity contribution in [1.82, 2.24) is 9.80 Å². The van der Waals surface area contributed by atoms with Crippen molar-refractivity contribution in [2.45, 2.75) is 26.7 Å². The highest BCUT2D eigenvalue weighted by atomic mass is 32.1. The summed E-state index contributed by atoms with van der Waals surface area (Å²) in [6.45, 7) is 6.00. The second-order valence-electron chi connectivity index (χ2n) is 6.79. The number of thiophene rings is 1. The van der Waals surface area contributed by atoms with Gasteiger partial charge in [0.2, 0.25) is 5.91 Å². The van der Waals surface area contributed by atoms with Crippen LogP contribution in [0.5, 0.6) is 0 Å². The summed E-state index contributed by atoms with van der Waals surface area (Å²) in [5.74, 6) is 0.0176. The van der Waals surface area contributed by atoms with Crippen LogP contribution in [0.1, 0.15) is 43.3 Å². The van der Waals surface area contributed by atoms with E-state index in [1.54, 1.807) is 33.3 Å². The average Bonchev–Trinajstić information content (AvgIpc) is 3.04. The van der Waals surface area contributed by atoms with E-state index in [0.29, 0.717) is 31.7 Å². The molecular formula is C21H24N2O3S. The topological polar surface area (TPSA) is 57.7 Å². The highest BCUT2D eigenvalue weighted by Gasteiger charge is 2.25. The van der Waals surface area contributed by atoms with E-state index in [2.05, 4.69) is 0 Å². The molecule has 27 heavy (non-hydrogen) atoms. The molecule has 0 bridgehead atoms. The Bertz CT molecular complexity index is 836. The molecule has 6 heteroatoms. The second kappa shape index (κ2) is 8.48.